The smallest absolute Gasteiger partial charge is 0.145 e. The Morgan fingerprint density at radius 3 is 2.34 bits per heavy atom. The Labute approximate surface area is 175 Å². The van der Waals surface area contributed by atoms with Gasteiger partial charge in [-0.15, -0.1) is 0 Å². The summed E-state index contributed by atoms with van der Waals surface area (Å²) >= 11 is 3.86. The molecule has 0 unspecified atom stereocenters. The summed E-state index contributed by atoms with van der Waals surface area (Å²) in [6.07, 6.45) is 0. The van der Waals surface area contributed by atoms with Crippen LogP contribution in [0.15, 0.2) is 87.8 Å². The van der Waals surface area contributed by atoms with Gasteiger partial charge in [0.25, 0.3) is 0 Å². The van der Waals surface area contributed by atoms with Gasteiger partial charge in [0.1, 0.15) is 16.9 Å². The first-order chi connectivity index (χ1) is 14.3. The Balaban J connectivity index is 1.84. The van der Waals surface area contributed by atoms with Crippen molar-refractivity contribution in [2.45, 2.75) is 0 Å². The first-order valence-electron chi connectivity index (χ1n) is 9.43. The van der Waals surface area contributed by atoms with E-state index in [4.69, 9.17) is 9.15 Å². The van der Waals surface area contributed by atoms with E-state index in [9.17, 15) is 0 Å². The minimum atomic E-state index is 0.841. The number of nitrogens with zero attached hydrogens (tertiary/aromatic N) is 1. The summed E-state index contributed by atoms with van der Waals surface area (Å²) in [7, 11) is 1.68. The molecule has 2 aromatic heterocycles. The van der Waals surface area contributed by atoms with Crippen molar-refractivity contribution >= 4 is 59.7 Å². The highest BCUT2D eigenvalue weighted by molar-refractivity contribution is 9.10. The lowest BCUT2D eigenvalue weighted by atomic mass is 10.1. The molecule has 0 radical (unpaired) electrons. The molecule has 0 bridgehead atoms. The van der Waals surface area contributed by atoms with Gasteiger partial charge in [0.2, 0.25) is 0 Å². The van der Waals surface area contributed by atoms with Gasteiger partial charge in [0.15, 0.2) is 0 Å². The highest BCUT2D eigenvalue weighted by Gasteiger charge is 2.20. The summed E-state index contributed by atoms with van der Waals surface area (Å²) in [6, 6.07) is 27.0. The molecule has 4 heteroatoms. The number of methoxy groups -OCH3 is 1. The first kappa shape index (κ1) is 16.7. The van der Waals surface area contributed by atoms with Crippen molar-refractivity contribution in [1.29, 1.82) is 0 Å². The lowest BCUT2D eigenvalue weighted by Gasteiger charge is -2.10. The van der Waals surface area contributed by atoms with Crippen LogP contribution in [-0.4, -0.2) is 11.7 Å². The SMILES string of the molecule is COc1ccc(-n2c3ccccc3c3c4oc5ccccc5c4cc(Br)c32)cc1. The lowest BCUT2D eigenvalue weighted by molar-refractivity contribution is 0.415. The largest absolute Gasteiger partial charge is 0.497 e. The average Bonchev–Trinajstić information content (AvgIpc) is 3.30. The molecule has 6 rings (SSSR count). The minimum Gasteiger partial charge on any atom is -0.497 e. The third kappa shape index (κ3) is 2.29. The molecule has 6 aromatic rings. The second-order valence-corrected chi connectivity index (χ2v) is 7.96. The van der Waals surface area contributed by atoms with E-state index in [2.05, 4.69) is 75.1 Å². The van der Waals surface area contributed by atoms with Gasteiger partial charge in [-0.25, -0.2) is 0 Å². The molecular formula is C25H16BrNO2. The van der Waals surface area contributed by atoms with Crippen LogP contribution in [0.1, 0.15) is 0 Å². The Morgan fingerprint density at radius 1 is 0.828 bits per heavy atom. The zero-order valence-corrected chi connectivity index (χ0v) is 17.2. The van der Waals surface area contributed by atoms with E-state index in [1.807, 2.05) is 24.3 Å². The number of fused-ring (bicyclic) bond motifs is 7. The van der Waals surface area contributed by atoms with Crippen LogP contribution in [0.25, 0.3) is 49.4 Å². The molecule has 29 heavy (non-hydrogen) atoms. The number of para-hydroxylation sites is 2. The molecule has 3 nitrogen and oxygen atoms in total. The zero-order valence-electron chi connectivity index (χ0n) is 15.6. The Morgan fingerprint density at radius 2 is 1.55 bits per heavy atom. The quantitative estimate of drug-likeness (QED) is 0.278. The van der Waals surface area contributed by atoms with Crippen molar-refractivity contribution in [1.82, 2.24) is 4.57 Å². The van der Waals surface area contributed by atoms with Crippen LogP contribution in [0.5, 0.6) is 5.75 Å². The predicted molar refractivity (Wildman–Crippen MR) is 122 cm³/mol. The molecule has 0 spiro atoms. The van der Waals surface area contributed by atoms with Crippen molar-refractivity contribution < 1.29 is 9.15 Å². The van der Waals surface area contributed by atoms with Crippen molar-refractivity contribution in [2.24, 2.45) is 0 Å². The molecule has 0 aliphatic rings. The second-order valence-electron chi connectivity index (χ2n) is 7.11. The van der Waals surface area contributed by atoms with Gasteiger partial charge in [-0.3, -0.25) is 0 Å². The number of hydrogen-bond acceptors (Lipinski definition) is 2. The summed E-state index contributed by atoms with van der Waals surface area (Å²) in [5, 5.41) is 4.55. The van der Waals surface area contributed by atoms with Gasteiger partial charge >= 0.3 is 0 Å². The normalized spacial score (nSPS) is 11.8. The van der Waals surface area contributed by atoms with E-state index in [0.29, 0.717) is 0 Å². The Bertz CT molecular complexity index is 1540. The fourth-order valence-electron chi connectivity index (χ4n) is 4.28. The molecule has 0 amide bonds. The Hall–Kier alpha value is -3.24. The van der Waals surface area contributed by atoms with E-state index in [1.165, 1.54) is 5.39 Å². The van der Waals surface area contributed by atoms with E-state index in [-0.39, 0.29) is 0 Å². The topological polar surface area (TPSA) is 27.3 Å². The number of hydrogen-bond donors (Lipinski definition) is 0. The molecule has 0 aliphatic heterocycles. The average molecular weight is 442 g/mol. The molecule has 0 saturated carbocycles. The monoisotopic (exact) mass is 441 g/mol. The summed E-state index contributed by atoms with van der Waals surface area (Å²) in [6.45, 7) is 0. The molecule has 0 saturated heterocycles. The number of halogens is 1. The number of benzene rings is 4. The molecule has 4 aromatic carbocycles. The maximum Gasteiger partial charge on any atom is 0.145 e. The van der Waals surface area contributed by atoms with E-state index >= 15 is 0 Å². The second kappa shape index (κ2) is 6.13. The van der Waals surface area contributed by atoms with Crippen LogP contribution < -0.4 is 4.74 Å². The fraction of sp³-hybridized carbons (Fsp3) is 0.0400. The standard InChI is InChI=1S/C25H16BrNO2/c1-28-16-12-10-15(11-13-16)27-21-8-4-2-7-18(21)23-24(27)20(26)14-19-17-6-3-5-9-22(17)29-25(19)23/h2-14H,1H3. The van der Waals surface area contributed by atoms with Gasteiger partial charge in [-0.05, 0) is 58.4 Å². The van der Waals surface area contributed by atoms with Crippen LogP contribution in [0.2, 0.25) is 0 Å². The third-order valence-corrected chi connectivity index (χ3v) is 6.17. The van der Waals surface area contributed by atoms with Gasteiger partial charge < -0.3 is 13.7 Å². The predicted octanol–water partition coefficient (Wildman–Crippen LogP) is 7.45. The highest BCUT2D eigenvalue weighted by atomic mass is 79.9. The van der Waals surface area contributed by atoms with E-state index in [1.54, 1.807) is 7.11 Å². The molecular weight excluding hydrogens is 426 g/mol. The lowest BCUT2D eigenvalue weighted by Crippen LogP contribution is -1.94. The fourth-order valence-corrected chi connectivity index (χ4v) is 4.89. The van der Waals surface area contributed by atoms with Crippen molar-refractivity contribution in [3.8, 4) is 11.4 Å². The highest BCUT2D eigenvalue weighted by Crippen LogP contribution is 2.43. The summed E-state index contributed by atoms with van der Waals surface area (Å²) in [5.74, 6) is 0.841. The molecule has 2 heterocycles. The number of aromatic nitrogens is 1. The molecule has 0 N–H and O–H groups in total. The summed E-state index contributed by atoms with van der Waals surface area (Å²) in [5.41, 5.74) is 5.15. The number of ether oxygens (including phenoxy) is 1. The molecule has 0 aliphatic carbocycles. The van der Waals surface area contributed by atoms with Crippen LogP contribution >= 0.6 is 15.9 Å². The molecule has 140 valence electrons. The van der Waals surface area contributed by atoms with Crippen molar-refractivity contribution in [3.63, 3.8) is 0 Å². The third-order valence-electron chi connectivity index (χ3n) is 5.56. The maximum atomic E-state index is 6.36. The van der Waals surface area contributed by atoms with Gasteiger partial charge in [0.05, 0.1) is 23.5 Å². The minimum absolute atomic E-state index is 0.841. The molecule has 0 atom stereocenters. The first-order valence-corrected chi connectivity index (χ1v) is 10.2. The van der Waals surface area contributed by atoms with Crippen LogP contribution in [0.3, 0.4) is 0 Å². The number of rotatable bonds is 2. The van der Waals surface area contributed by atoms with E-state index in [0.717, 1.165) is 54.3 Å². The zero-order chi connectivity index (χ0) is 19.5. The van der Waals surface area contributed by atoms with Crippen LogP contribution in [-0.2, 0) is 0 Å². The van der Waals surface area contributed by atoms with Gasteiger partial charge in [-0.1, -0.05) is 36.4 Å². The van der Waals surface area contributed by atoms with Crippen LogP contribution in [0.4, 0.5) is 0 Å². The maximum absolute atomic E-state index is 6.36. The molecule has 0 fully saturated rings. The van der Waals surface area contributed by atoms with Gasteiger partial charge in [0, 0.05) is 26.3 Å². The van der Waals surface area contributed by atoms with Gasteiger partial charge in [-0.2, -0.15) is 0 Å². The number of furan rings is 1. The van der Waals surface area contributed by atoms with E-state index < -0.39 is 0 Å². The summed E-state index contributed by atoms with van der Waals surface area (Å²) < 4.78 is 15.0. The summed E-state index contributed by atoms with van der Waals surface area (Å²) in [4.78, 5) is 0. The van der Waals surface area contributed by atoms with Crippen molar-refractivity contribution in [3.05, 3.63) is 83.3 Å². The van der Waals surface area contributed by atoms with Crippen molar-refractivity contribution in [2.75, 3.05) is 7.11 Å². The van der Waals surface area contributed by atoms with Crippen LogP contribution in [0, 0.1) is 0 Å². The Kier molecular flexibility index (Phi) is 3.53.